The van der Waals surface area contributed by atoms with Crippen molar-refractivity contribution >= 4 is 0 Å². The van der Waals surface area contributed by atoms with Crippen LogP contribution in [0.15, 0.2) is 24.3 Å². The van der Waals surface area contributed by atoms with Crippen LogP contribution in [0.5, 0.6) is 0 Å². The Hall–Kier alpha value is -1.26. The predicted molar refractivity (Wildman–Crippen MR) is 65.6 cm³/mol. The molecule has 0 bridgehead atoms. The maximum atomic E-state index is 5.48. The molecule has 0 fully saturated rings. The lowest BCUT2D eigenvalue weighted by atomic mass is 10.1. The summed E-state index contributed by atoms with van der Waals surface area (Å²) >= 11 is 0. The average molecular weight is 201 g/mol. The lowest BCUT2D eigenvalue weighted by Crippen LogP contribution is -2.02. The smallest absolute Gasteiger partial charge is 0.0245 e. The van der Waals surface area contributed by atoms with Gasteiger partial charge in [0.15, 0.2) is 0 Å². The Morgan fingerprint density at radius 2 is 1.93 bits per heavy atom. The summed E-state index contributed by atoms with van der Waals surface area (Å²) in [5.41, 5.74) is 7.88. The van der Waals surface area contributed by atoms with Crippen molar-refractivity contribution in [3.05, 3.63) is 35.4 Å². The first-order chi connectivity index (χ1) is 7.36. The van der Waals surface area contributed by atoms with Crippen LogP contribution in [0.25, 0.3) is 0 Å². The van der Waals surface area contributed by atoms with Crippen molar-refractivity contribution in [1.29, 1.82) is 0 Å². The Kier molecular flexibility index (Phi) is 5.58. The van der Waals surface area contributed by atoms with E-state index in [1.807, 2.05) is 0 Å². The highest BCUT2D eigenvalue weighted by Crippen LogP contribution is 2.03. The van der Waals surface area contributed by atoms with Crippen molar-refractivity contribution in [2.24, 2.45) is 5.73 Å². The predicted octanol–water partition coefficient (Wildman–Crippen LogP) is 2.73. The van der Waals surface area contributed by atoms with Crippen molar-refractivity contribution < 1.29 is 0 Å². The van der Waals surface area contributed by atoms with Gasteiger partial charge in [0.1, 0.15) is 0 Å². The molecule has 0 amide bonds. The van der Waals surface area contributed by atoms with Crippen LogP contribution in [-0.2, 0) is 6.42 Å². The van der Waals surface area contributed by atoms with Crippen LogP contribution in [0.3, 0.4) is 0 Å². The Balaban J connectivity index is 2.51. The van der Waals surface area contributed by atoms with Crippen LogP contribution in [0, 0.1) is 11.8 Å². The highest BCUT2D eigenvalue weighted by atomic mass is 14.5. The first kappa shape index (κ1) is 11.8. The molecule has 0 unspecified atom stereocenters. The zero-order valence-corrected chi connectivity index (χ0v) is 9.42. The zero-order valence-electron chi connectivity index (χ0n) is 9.42. The summed E-state index contributed by atoms with van der Waals surface area (Å²) in [6.07, 6.45) is 4.35. The minimum Gasteiger partial charge on any atom is -0.330 e. The molecule has 80 valence electrons. The van der Waals surface area contributed by atoms with Gasteiger partial charge in [-0.05, 0) is 37.1 Å². The minimum absolute atomic E-state index is 0.710. The molecule has 1 nitrogen and oxygen atoms in total. The molecule has 1 aromatic carbocycles. The third-order valence-electron chi connectivity index (χ3n) is 2.28. The number of benzene rings is 1. The molecule has 2 N–H and O–H groups in total. The molecule has 0 spiro atoms. The van der Waals surface area contributed by atoms with E-state index in [1.165, 1.54) is 18.4 Å². The van der Waals surface area contributed by atoms with E-state index in [0.717, 1.165) is 18.4 Å². The lowest BCUT2D eigenvalue weighted by Gasteiger charge is -1.97. The van der Waals surface area contributed by atoms with E-state index in [2.05, 4.69) is 43.0 Å². The molecule has 0 aliphatic carbocycles. The highest BCUT2D eigenvalue weighted by Gasteiger charge is 1.90. The van der Waals surface area contributed by atoms with E-state index in [9.17, 15) is 0 Å². The van der Waals surface area contributed by atoms with Crippen molar-refractivity contribution in [2.75, 3.05) is 6.54 Å². The molecule has 0 radical (unpaired) electrons. The Bertz CT molecular complexity index is 327. The van der Waals surface area contributed by atoms with Crippen molar-refractivity contribution in [3.8, 4) is 11.8 Å². The van der Waals surface area contributed by atoms with Crippen LogP contribution < -0.4 is 5.73 Å². The molecule has 0 saturated carbocycles. The van der Waals surface area contributed by atoms with Gasteiger partial charge < -0.3 is 5.73 Å². The fraction of sp³-hybridized carbons (Fsp3) is 0.429. The van der Waals surface area contributed by atoms with Crippen LogP contribution in [0.4, 0.5) is 0 Å². The highest BCUT2D eigenvalue weighted by molar-refractivity contribution is 5.36. The standard InChI is InChI=1S/C14H19N/c1-2-3-4-5-6-13-7-9-14(10-8-13)11-12-15/h7-10H,2-4,11-12,15H2,1H3. The van der Waals surface area contributed by atoms with E-state index in [1.54, 1.807) is 0 Å². The Morgan fingerprint density at radius 1 is 1.20 bits per heavy atom. The maximum Gasteiger partial charge on any atom is 0.0245 e. The van der Waals surface area contributed by atoms with Crippen LogP contribution in [0.2, 0.25) is 0 Å². The van der Waals surface area contributed by atoms with E-state index >= 15 is 0 Å². The van der Waals surface area contributed by atoms with E-state index in [4.69, 9.17) is 5.73 Å². The van der Waals surface area contributed by atoms with Gasteiger partial charge in [0.25, 0.3) is 0 Å². The summed E-state index contributed by atoms with van der Waals surface area (Å²) in [4.78, 5) is 0. The third-order valence-corrected chi connectivity index (χ3v) is 2.28. The third kappa shape index (κ3) is 4.67. The summed E-state index contributed by atoms with van der Waals surface area (Å²) in [6.45, 7) is 2.89. The molecule has 0 atom stereocenters. The van der Waals surface area contributed by atoms with Crippen molar-refractivity contribution in [2.45, 2.75) is 32.6 Å². The molecule has 15 heavy (non-hydrogen) atoms. The molecule has 0 saturated heterocycles. The van der Waals surface area contributed by atoms with E-state index in [0.29, 0.717) is 6.54 Å². The quantitative estimate of drug-likeness (QED) is 0.588. The molecule has 0 heterocycles. The van der Waals surface area contributed by atoms with Crippen molar-refractivity contribution in [1.82, 2.24) is 0 Å². The van der Waals surface area contributed by atoms with Gasteiger partial charge in [0.2, 0.25) is 0 Å². The first-order valence-electron chi connectivity index (χ1n) is 5.64. The molecule has 0 aromatic heterocycles. The largest absolute Gasteiger partial charge is 0.330 e. The Labute approximate surface area is 92.7 Å². The number of hydrogen-bond donors (Lipinski definition) is 1. The molecular formula is C14H19N. The number of unbranched alkanes of at least 4 members (excludes halogenated alkanes) is 2. The molecule has 1 aromatic rings. The maximum absolute atomic E-state index is 5.48. The Morgan fingerprint density at radius 3 is 2.53 bits per heavy atom. The summed E-state index contributed by atoms with van der Waals surface area (Å²) < 4.78 is 0. The summed E-state index contributed by atoms with van der Waals surface area (Å²) in [6, 6.07) is 8.36. The SMILES string of the molecule is CCCCC#Cc1ccc(CCN)cc1. The minimum atomic E-state index is 0.710. The normalized spacial score (nSPS) is 9.47. The number of hydrogen-bond acceptors (Lipinski definition) is 1. The van der Waals surface area contributed by atoms with E-state index in [-0.39, 0.29) is 0 Å². The first-order valence-corrected chi connectivity index (χ1v) is 5.64. The topological polar surface area (TPSA) is 26.0 Å². The molecule has 0 aliphatic rings. The van der Waals surface area contributed by atoms with Crippen LogP contribution >= 0.6 is 0 Å². The fourth-order valence-electron chi connectivity index (χ4n) is 1.35. The molecular weight excluding hydrogens is 182 g/mol. The van der Waals surface area contributed by atoms with Gasteiger partial charge in [-0.2, -0.15) is 0 Å². The lowest BCUT2D eigenvalue weighted by molar-refractivity contribution is 0.828. The van der Waals surface area contributed by atoms with Gasteiger partial charge in [-0.3, -0.25) is 0 Å². The fourth-order valence-corrected chi connectivity index (χ4v) is 1.35. The average Bonchev–Trinajstić information content (AvgIpc) is 2.27. The summed E-state index contributed by atoms with van der Waals surface area (Å²) in [7, 11) is 0. The van der Waals surface area contributed by atoms with Crippen molar-refractivity contribution in [3.63, 3.8) is 0 Å². The number of rotatable bonds is 4. The number of nitrogens with two attached hydrogens (primary N) is 1. The zero-order chi connectivity index (χ0) is 10.9. The van der Waals surface area contributed by atoms with Crippen LogP contribution in [0.1, 0.15) is 37.3 Å². The summed E-state index contributed by atoms with van der Waals surface area (Å²) in [5.74, 6) is 6.35. The molecule has 1 rings (SSSR count). The van der Waals surface area contributed by atoms with E-state index < -0.39 is 0 Å². The molecule has 0 aliphatic heterocycles. The summed E-state index contributed by atoms with van der Waals surface area (Å²) in [5, 5.41) is 0. The van der Waals surface area contributed by atoms with Gasteiger partial charge in [0.05, 0.1) is 0 Å². The second-order valence-corrected chi connectivity index (χ2v) is 3.64. The van der Waals surface area contributed by atoms with Gasteiger partial charge in [-0.25, -0.2) is 0 Å². The van der Waals surface area contributed by atoms with Gasteiger partial charge in [-0.1, -0.05) is 37.3 Å². The van der Waals surface area contributed by atoms with Crippen LogP contribution in [-0.4, -0.2) is 6.54 Å². The second kappa shape index (κ2) is 7.09. The van der Waals surface area contributed by atoms with Gasteiger partial charge in [0, 0.05) is 12.0 Å². The van der Waals surface area contributed by atoms with Gasteiger partial charge >= 0.3 is 0 Å². The monoisotopic (exact) mass is 201 g/mol. The molecule has 1 heteroatoms. The van der Waals surface area contributed by atoms with Gasteiger partial charge in [-0.15, -0.1) is 0 Å². The second-order valence-electron chi connectivity index (χ2n) is 3.64.